The lowest BCUT2D eigenvalue weighted by atomic mass is 10.0. The van der Waals surface area contributed by atoms with Gasteiger partial charge in [-0.05, 0) is 30.6 Å². The van der Waals surface area contributed by atoms with Crippen molar-refractivity contribution >= 4 is 11.7 Å². The summed E-state index contributed by atoms with van der Waals surface area (Å²) >= 11 is 0. The highest BCUT2D eigenvalue weighted by Gasteiger charge is 2.19. The van der Waals surface area contributed by atoms with Gasteiger partial charge in [0.25, 0.3) is 0 Å². The van der Waals surface area contributed by atoms with Gasteiger partial charge >= 0.3 is 5.97 Å². The zero-order valence-corrected chi connectivity index (χ0v) is 7.68. The van der Waals surface area contributed by atoms with Gasteiger partial charge in [0.2, 0.25) is 0 Å². The van der Waals surface area contributed by atoms with Gasteiger partial charge in [-0.15, -0.1) is 0 Å². The molecule has 0 aromatic carbocycles. The smallest absolute Gasteiger partial charge is 0.332 e. The molecule has 0 saturated heterocycles. The molecule has 0 saturated carbocycles. The molecule has 0 bridgehead atoms. The number of allylic oxidation sites excluding steroid dienone is 5. The van der Waals surface area contributed by atoms with Gasteiger partial charge in [-0.25, -0.2) is 4.79 Å². The third kappa shape index (κ3) is 1.66. The van der Waals surface area contributed by atoms with Crippen LogP contribution in [-0.2, 0) is 4.79 Å². The molecule has 0 fully saturated rings. The molecule has 2 aliphatic rings. The Morgan fingerprint density at radius 1 is 1.43 bits per heavy atom. The average Bonchev–Trinajstić information content (AvgIpc) is 2.68. The Morgan fingerprint density at radius 3 is 2.86 bits per heavy atom. The quantitative estimate of drug-likeness (QED) is 0.719. The number of carboxylic acid groups (broad SMARTS) is 1. The summed E-state index contributed by atoms with van der Waals surface area (Å²) in [4.78, 5) is 14.7. The normalized spacial score (nSPS) is 24.7. The van der Waals surface area contributed by atoms with Crippen LogP contribution in [0.4, 0.5) is 0 Å². The Labute approximate surface area is 82.2 Å². The van der Waals surface area contributed by atoms with Crippen LogP contribution in [0, 0.1) is 0 Å². The Morgan fingerprint density at radius 2 is 2.29 bits per heavy atom. The van der Waals surface area contributed by atoms with Crippen molar-refractivity contribution in [2.75, 3.05) is 0 Å². The number of carboxylic acids is 1. The van der Waals surface area contributed by atoms with E-state index in [1.807, 2.05) is 6.08 Å². The molecule has 0 spiro atoms. The van der Waals surface area contributed by atoms with Crippen LogP contribution in [0.25, 0.3) is 0 Å². The summed E-state index contributed by atoms with van der Waals surface area (Å²) in [7, 11) is 0. The molecule has 0 amide bonds. The molecular formula is C11H11NO2. The maximum atomic E-state index is 10.6. The second-order valence-corrected chi connectivity index (χ2v) is 3.30. The summed E-state index contributed by atoms with van der Waals surface area (Å²) in [5.74, 6) is -0.892. The fourth-order valence-electron chi connectivity index (χ4n) is 1.53. The van der Waals surface area contributed by atoms with Gasteiger partial charge in [0.05, 0.1) is 5.71 Å². The van der Waals surface area contributed by atoms with Gasteiger partial charge in [0.1, 0.15) is 0 Å². The van der Waals surface area contributed by atoms with Crippen LogP contribution in [0.2, 0.25) is 0 Å². The molecule has 0 aromatic rings. The van der Waals surface area contributed by atoms with Crippen molar-refractivity contribution in [3.63, 3.8) is 0 Å². The van der Waals surface area contributed by atoms with E-state index in [4.69, 9.17) is 5.11 Å². The van der Waals surface area contributed by atoms with Crippen molar-refractivity contribution in [3.8, 4) is 0 Å². The van der Waals surface area contributed by atoms with Crippen LogP contribution in [0.15, 0.2) is 40.9 Å². The SMILES string of the molecule is O=C(O)[C@H]1C=CC(C2=CCCC=C2)=N1. The molecule has 1 atom stereocenters. The molecule has 2 rings (SSSR count). The minimum absolute atomic E-state index is 0.693. The van der Waals surface area contributed by atoms with Gasteiger partial charge in [-0.1, -0.05) is 18.2 Å². The first kappa shape index (κ1) is 8.94. The van der Waals surface area contributed by atoms with Gasteiger partial charge in [0, 0.05) is 0 Å². The van der Waals surface area contributed by atoms with Crippen molar-refractivity contribution in [3.05, 3.63) is 36.0 Å². The summed E-state index contributed by atoms with van der Waals surface area (Å²) in [5.41, 5.74) is 1.82. The highest BCUT2D eigenvalue weighted by molar-refractivity contribution is 6.13. The second kappa shape index (κ2) is 3.62. The number of nitrogens with zero attached hydrogens (tertiary/aromatic N) is 1. The molecular weight excluding hydrogens is 178 g/mol. The van der Waals surface area contributed by atoms with Crippen molar-refractivity contribution in [1.82, 2.24) is 0 Å². The summed E-state index contributed by atoms with van der Waals surface area (Å²) < 4.78 is 0. The predicted molar refractivity (Wildman–Crippen MR) is 54.5 cm³/mol. The van der Waals surface area contributed by atoms with Gasteiger partial charge < -0.3 is 5.11 Å². The average molecular weight is 189 g/mol. The van der Waals surface area contributed by atoms with E-state index in [0.29, 0.717) is 0 Å². The van der Waals surface area contributed by atoms with Crippen LogP contribution in [0.3, 0.4) is 0 Å². The van der Waals surface area contributed by atoms with E-state index < -0.39 is 12.0 Å². The van der Waals surface area contributed by atoms with E-state index in [2.05, 4.69) is 17.1 Å². The van der Waals surface area contributed by atoms with Gasteiger partial charge in [-0.2, -0.15) is 0 Å². The fraction of sp³-hybridized carbons (Fsp3) is 0.273. The minimum atomic E-state index is -0.892. The number of carbonyl (C=O) groups is 1. The fourth-order valence-corrected chi connectivity index (χ4v) is 1.53. The predicted octanol–water partition coefficient (Wildman–Crippen LogP) is 1.73. The molecule has 72 valence electrons. The molecule has 1 heterocycles. The van der Waals surface area contributed by atoms with Crippen LogP contribution < -0.4 is 0 Å². The van der Waals surface area contributed by atoms with Crippen molar-refractivity contribution in [1.29, 1.82) is 0 Å². The lowest BCUT2D eigenvalue weighted by molar-refractivity contribution is -0.137. The van der Waals surface area contributed by atoms with Gasteiger partial charge in [-0.3, -0.25) is 4.99 Å². The zero-order valence-electron chi connectivity index (χ0n) is 7.68. The van der Waals surface area contributed by atoms with E-state index in [0.717, 1.165) is 24.1 Å². The molecule has 0 aromatic heterocycles. The summed E-state index contributed by atoms with van der Waals surface area (Å²) in [6.07, 6.45) is 11.6. The highest BCUT2D eigenvalue weighted by Crippen LogP contribution is 2.16. The van der Waals surface area contributed by atoms with E-state index in [9.17, 15) is 4.79 Å². The first-order valence-corrected chi connectivity index (χ1v) is 4.63. The summed E-state index contributed by atoms with van der Waals surface area (Å²) in [5, 5.41) is 8.73. The molecule has 1 aliphatic carbocycles. The lowest BCUT2D eigenvalue weighted by Crippen LogP contribution is -2.13. The van der Waals surface area contributed by atoms with E-state index in [1.54, 1.807) is 12.2 Å². The third-order valence-electron chi connectivity index (χ3n) is 2.26. The van der Waals surface area contributed by atoms with Crippen LogP contribution in [0.1, 0.15) is 12.8 Å². The summed E-state index contributed by atoms with van der Waals surface area (Å²) in [6, 6.07) is -0.693. The van der Waals surface area contributed by atoms with E-state index in [-0.39, 0.29) is 0 Å². The molecule has 1 N–H and O–H groups in total. The maximum absolute atomic E-state index is 10.6. The standard InChI is InChI=1S/C11H11NO2/c13-11(14)10-7-6-9(12-10)8-4-2-1-3-5-8/h2,4-7,10H,1,3H2,(H,13,14)/t10-/m1/s1. The van der Waals surface area contributed by atoms with Crippen molar-refractivity contribution < 1.29 is 9.90 Å². The second-order valence-electron chi connectivity index (χ2n) is 3.30. The van der Waals surface area contributed by atoms with Crippen molar-refractivity contribution in [2.24, 2.45) is 4.99 Å². The number of aliphatic carboxylic acids is 1. The number of hydrogen-bond acceptors (Lipinski definition) is 2. The van der Waals surface area contributed by atoms with Crippen LogP contribution in [-0.4, -0.2) is 22.8 Å². The first-order chi connectivity index (χ1) is 6.77. The highest BCUT2D eigenvalue weighted by atomic mass is 16.4. The largest absolute Gasteiger partial charge is 0.479 e. The topological polar surface area (TPSA) is 49.7 Å². The number of rotatable bonds is 2. The molecule has 14 heavy (non-hydrogen) atoms. The van der Waals surface area contributed by atoms with Gasteiger partial charge in [0.15, 0.2) is 6.04 Å². The molecule has 3 nitrogen and oxygen atoms in total. The number of aliphatic imine (C=N–C) groups is 1. The summed E-state index contributed by atoms with van der Waals surface area (Å²) in [6.45, 7) is 0. The monoisotopic (exact) mass is 189 g/mol. The van der Waals surface area contributed by atoms with Crippen LogP contribution >= 0.6 is 0 Å². The third-order valence-corrected chi connectivity index (χ3v) is 2.26. The zero-order chi connectivity index (χ0) is 9.97. The molecule has 3 heteroatoms. The maximum Gasteiger partial charge on any atom is 0.332 e. The van der Waals surface area contributed by atoms with E-state index >= 15 is 0 Å². The number of hydrogen-bond donors (Lipinski definition) is 1. The Hall–Kier alpha value is -1.64. The van der Waals surface area contributed by atoms with E-state index in [1.165, 1.54) is 0 Å². The Kier molecular flexibility index (Phi) is 2.31. The molecule has 0 radical (unpaired) electrons. The Bertz CT molecular complexity index is 375. The molecule has 1 aliphatic heterocycles. The molecule has 0 unspecified atom stereocenters. The first-order valence-electron chi connectivity index (χ1n) is 4.63. The van der Waals surface area contributed by atoms with Crippen LogP contribution in [0.5, 0.6) is 0 Å². The minimum Gasteiger partial charge on any atom is -0.479 e. The van der Waals surface area contributed by atoms with Crippen molar-refractivity contribution in [2.45, 2.75) is 18.9 Å². The Balaban J connectivity index is 2.18. The lowest BCUT2D eigenvalue weighted by Gasteiger charge is -2.04.